The van der Waals surface area contributed by atoms with E-state index in [-0.39, 0.29) is 5.41 Å². The van der Waals surface area contributed by atoms with Crippen molar-refractivity contribution in [1.82, 2.24) is 0 Å². The van der Waals surface area contributed by atoms with Crippen LogP contribution in [-0.2, 0) is 12.5 Å². The topological polar surface area (TPSA) is 40.8 Å². The fourth-order valence-corrected chi connectivity index (χ4v) is 8.06. The fraction of sp³-hybridized carbons (Fsp3) is 0.400. The molecule has 0 aliphatic heterocycles. The number of benzene rings is 2. The van der Waals surface area contributed by atoms with E-state index in [0.29, 0.717) is 0 Å². The second-order valence-electron chi connectivity index (χ2n) is 11.1. The van der Waals surface area contributed by atoms with Gasteiger partial charge < -0.3 is 4.42 Å². The van der Waals surface area contributed by atoms with E-state index in [4.69, 9.17) is 4.42 Å². The van der Waals surface area contributed by atoms with E-state index < -0.39 is 0 Å². The number of furan rings is 1. The molecule has 2 heterocycles. The quantitative estimate of drug-likeness (QED) is 0.329. The van der Waals surface area contributed by atoms with E-state index in [1.54, 1.807) is 0 Å². The van der Waals surface area contributed by atoms with Crippen molar-refractivity contribution in [3.05, 3.63) is 65.4 Å². The van der Waals surface area contributed by atoms with Crippen molar-refractivity contribution < 1.29 is 8.98 Å². The fourth-order valence-electron chi connectivity index (χ4n) is 8.06. The third kappa shape index (κ3) is 2.70. The first-order valence-electron chi connectivity index (χ1n) is 12.4. The van der Waals surface area contributed by atoms with Gasteiger partial charge in [-0.3, -0.25) is 0 Å². The van der Waals surface area contributed by atoms with Crippen LogP contribution in [0.5, 0.6) is 0 Å². The summed E-state index contributed by atoms with van der Waals surface area (Å²) in [6.45, 7) is 2.15. The highest BCUT2D eigenvalue weighted by Gasteiger charge is 2.52. The number of pyridine rings is 1. The zero-order chi connectivity index (χ0) is 22.3. The summed E-state index contributed by atoms with van der Waals surface area (Å²) in [6.07, 6.45) is 10.1. The van der Waals surface area contributed by atoms with Gasteiger partial charge >= 0.3 is 0 Å². The minimum atomic E-state index is 0.191. The van der Waals surface area contributed by atoms with Gasteiger partial charge in [0, 0.05) is 22.9 Å². The van der Waals surface area contributed by atoms with Crippen molar-refractivity contribution in [3.63, 3.8) is 0 Å². The number of nitriles is 1. The molecule has 0 N–H and O–H groups in total. The monoisotopic (exact) mass is 433 g/mol. The Morgan fingerprint density at radius 2 is 1.70 bits per heavy atom. The lowest BCUT2D eigenvalue weighted by Gasteiger charge is -2.57. The SMILES string of the molecule is Cc1ccc2c(oc3cc(C#N)c(C45CC6CC(CC(C6)C4)C5)cc32)c1-c1cccc[n+]1C. The summed E-state index contributed by atoms with van der Waals surface area (Å²) < 4.78 is 8.68. The Balaban J connectivity index is 1.49. The van der Waals surface area contributed by atoms with Crippen LogP contribution in [-0.4, -0.2) is 0 Å². The molecule has 8 rings (SSSR count). The average Bonchev–Trinajstić information content (AvgIpc) is 3.15. The number of hydrogen-bond donors (Lipinski definition) is 0. The van der Waals surface area contributed by atoms with Gasteiger partial charge in [0.1, 0.15) is 18.2 Å². The van der Waals surface area contributed by atoms with Gasteiger partial charge in [0.2, 0.25) is 5.69 Å². The van der Waals surface area contributed by atoms with Crippen molar-refractivity contribution in [2.75, 3.05) is 0 Å². The van der Waals surface area contributed by atoms with Crippen LogP contribution in [0.3, 0.4) is 0 Å². The lowest BCUT2D eigenvalue weighted by Crippen LogP contribution is -2.48. The van der Waals surface area contributed by atoms with Crippen LogP contribution in [0.1, 0.15) is 55.2 Å². The predicted molar refractivity (Wildman–Crippen MR) is 130 cm³/mol. The van der Waals surface area contributed by atoms with E-state index in [1.165, 1.54) is 49.7 Å². The zero-order valence-electron chi connectivity index (χ0n) is 19.4. The average molecular weight is 434 g/mol. The summed E-state index contributed by atoms with van der Waals surface area (Å²) in [6, 6.07) is 17.6. The standard InChI is InChI=1S/C30H29N2O/c1-18-6-7-23-24-13-25(30-14-19-9-20(15-30)11-21(10-19)16-30)22(17-31)12-27(24)33-29(23)28(18)26-5-3-4-8-32(26)2/h3-8,12-13,19-21H,9-11,14-16H2,1-2H3/q+1. The van der Waals surface area contributed by atoms with Crippen molar-refractivity contribution in [1.29, 1.82) is 5.26 Å². The Morgan fingerprint density at radius 3 is 2.36 bits per heavy atom. The highest BCUT2D eigenvalue weighted by atomic mass is 16.3. The van der Waals surface area contributed by atoms with E-state index in [0.717, 1.165) is 56.5 Å². The van der Waals surface area contributed by atoms with Crippen molar-refractivity contribution >= 4 is 21.9 Å². The molecular formula is C30H29N2O+. The summed E-state index contributed by atoms with van der Waals surface area (Å²) in [7, 11) is 2.08. The molecule has 4 aromatic rings. The second kappa shape index (κ2) is 6.70. The number of nitrogens with zero attached hydrogens (tertiary/aromatic N) is 2. The molecule has 0 amide bonds. The molecule has 0 unspecified atom stereocenters. The van der Waals surface area contributed by atoms with Crippen LogP contribution in [0.15, 0.2) is 53.1 Å². The first-order chi connectivity index (χ1) is 16.0. The summed E-state index contributed by atoms with van der Waals surface area (Å²) in [5.41, 5.74) is 7.56. The molecule has 164 valence electrons. The first-order valence-corrected chi connectivity index (χ1v) is 12.4. The van der Waals surface area contributed by atoms with Gasteiger partial charge in [-0.05, 0) is 97.9 Å². The number of aryl methyl sites for hydroxylation is 2. The lowest BCUT2D eigenvalue weighted by molar-refractivity contribution is -0.660. The third-order valence-corrected chi connectivity index (χ3v) is 9.03. The minimum absolute atomic E-state index is 0.191. The van der Waals surface area contributed by atoms with Crippen LogP contribution < -0.4 is 4.57 Å². The van der Waals surface area contributed by atoms with Gasteiger partial charge in [0.05, 0.1) is 17.2 Å². The largest absolute Gasteiger partial charge is 0.455 e. The second-order valence-corrected chi connectivity index (χ2v) is 11.1. The number of aromatic nitrogens is 1. The molecule has 4 fully saturated rings. The normalized spacial score (nSPS) is 28.0. The maximum absolute atomic E-state index is 10.2. The third-order valence-electron chi connectivity index (χ3n) is 9.03. The molecule has 0 saturated heterocycles. The smallest absolute Gasteiger partial charge is 0.216 e. The molecule has 4 aliphatic rings. The van der Waals surface area contributed by atoms with Gasteiger partial charge in [0.25, 0.3) is 0 Å². The van der Waals surface area contributed by atoms with E-state index in [9.17, 15) is 5.26 Å². The van der Waals surface area contributed by atoms with Gasteiger partial charge in [-0.1, -0.05) is 12.1 Å². The Labute approximate surface area is 194 Å². The molecule has 33 heavy (non-hydrogen) atoms. The zero-order valence-corrected chi connectivity index (χ0v) is 19.4. The van der Waals surface area contributed by atoms with Gasteiger partial charge in [-0.2, -0.15) is 5.26 Å². The van der Waals surface area contributed by atoms with Crippen LogP contribution in [0, 0.1) is 36.0 Å². The van der Waals surface area contributed by atoms with E-state index in [2.05, 4.69) is 67.2 Å². The lowest BCUT2D eigenvalue weighted by atomic mass is 9.47. The summed E-state index contributed by atoms with van der Waals surface area (Å²) in [5, 5.41) is 12.5. The molecule has 3 nitrogen and oxygen atoms in total. The molecule has 3 heteroatoms. The Hall–Kier alpha value is -3.12. The van der Waals surface area contributed by atoms with Crippen molar-refractivity contribution in [2.45, 2.75) is 50.9 Å². The molecule has 0 atom stereocenters. The van der Waals surface area contributed by atoms with Crippen molar-refractivity contribution in [2.24, 2.45) is 24.8 Å². The Bertz CT molecular complexity index is 1450. The highest BCUT2D eigenvalue weighted by Crippen LogP contribution is 2.61. The number of fused-ring (bicyclic) bond motifs is 3. The number of rotatable bonds is 2. The van der Waals surface area contributed by atoms with Crippen LogP contribution in [0.2, 0.25) is 0 Å². The summed E-state index contributed by atoms with van der Waals surface area (Å²) >= 11 is 0. The van der Waals surface area contributed by atoms with Gasteiger partial charge in [-0.25, -0.2) is 4.57 Å². The van der Waals surface area contributed by atoms with Crippen molar-refractivity contribution in [3.8, 4) is 17.3 Å². The molecule has 4 bridgehead atoms. The first kappa shape index (κ1) is 19.4. The van der Waals surface area contributed by atoms with Gasteiger partial charge in [0.15, 0.2) is 6.20 Å². The molecule has 2 aromatic carbocycles. The maximum Gasteiger partial charge on any atom is 0.216 e. The van der Waals surface area contributed by atoms with Gasteiger partial charge in [-0.15, -0.1) is 0 Å². The van der Waals surface area contributed by atoms with Crippen LogP contribution >= 0.6 is 0 Å². The Morgan fingerprint density at radius 1 is 0.970 bits per heavy atom. The molecule has 4 aliphatic carbocycles. The Kier molecular flexibility index (Phi) is 3.93. The minimum Gasteiger partial charge on any atom is -0.455 e. The molecular weight excluding hydrogens is 404 g/mol. The van der Waals surface area contributed by atoms with E-state index >= 15 is 0 Å². The van der Waals surface area contributed by atoms with Crippen LogP contribution in [0.25, 0.3) is 33.2 Å². The summed E-state index contributed by atoms with van der Waals surface area (Å²) in [5.74, 6) is 2.56. The molecule has 2 aromatic heterocycles. The predicted octanol–water partition coefficient (Wildman–Crippen LogP) is 6.73. The van der Waals surface area contributed by atoms with E-state index in [1.807, 2.05) is 6.07 Å². The number of hydrogen-bond acceptors (Lipinski definition) is 2. The molecule has 4 saturated carbocycles. The maximum atomic E-state index is 10.2. The summed E-state index contributed by atoms with van der Waals surface area (Å²) in [4.78, 5) is 0. The molecule has 0 radical (unpaired) electrons. The molecule has 0 spiro atoms. The van der Waals surface area contributed by atoms with Crippen LogP contribution in [0.4, 0.5) is 0 Å². The highest BCUT2D eigenvalue weighted by molar-refractivity contribution is 6.10.